The van der Waals surface area contributed by atoms with E-state index in [4.69, 9.17) is 9.47 Å². The standard InChI is InChI=1S/C24H22N4O3/c1-17-23(26-22-10-6-7-13-28(17)22)24(29)27-25-15-19-11-12-20(21(14-19)30-2)31-16-18-8-4-3-5-9-18/h3-15H,16H2,1-2H3,(H,27,29). The number of benzene rings is 2. The summed E-state index contributed by atoms with van der Waals surface area (Å²) in [6.07, 6.45) is 3.41. The van der Waals surface area contributed by atoms with Gasteiger partial charge in [0, 0.05) is 6.20 Å². The van der Waals surface area contributed by atoms with Crippen LogP contribution in [0, 0.1) is 6.92 Å². The summed E-state index contributed by atoms with van der Waals surface area (Å²) < 4.78 is 13.2. The molecule has 0 radical (unpaired) electrons. The second-order valence-electron chi connectivity index (χ2n) is 6.86. The van der Waals surface area contributed by atoms with Gasteiger partial charge < -0.3 is 13.9 Å². The Kier molecular flexibility index (Phi) is 5.93. The number of aryl methyl sites for hydroxylation is 1. The molecule has 0 saturated heterocycles. The molecule has 4 aromatic rings. The monoisotopic (exact) mass is 414 g/mol. The van der Waals surface area contributed by atoms with Gasteiger partial charge in [-0.05, 0) is 48.4 Å². The first kappa shape index (κ1) is 20.2. The van der Waals surface area contributed by atoms with Gasteiger partial charge in [0.2, 0.25) is 0 Å². The molecule has 2 aromatic heterocycles. The number of methoxy groups -OCH3 is 1. The van der Waals surface area contributed by atoms with Crippen molar-refractivity contribution in [1.82, 2.24) is 14.8 Å². The molecular formula is C24H22N4O3. The van der Waals surface area contributed by atoms with Crippen LogP contribution in [0.4, 0.5) is 0 Å². The lowest BCUT2D eigenvalue weighted by Gasteiger charge is -2.11. The number of rotatable bonds is 7. The number of hydrogen-bond acceptors (Lipinski definition) is 5. The fourth-order valence-electron chi connectivity index (χ4n) is 3.17. The van der Waals surface area contributed by atoms with Crippen LogP contribution in [0.1, 0.15) is 27.3 Å². The molecule has 0 unspecified atom stereocenters. The molecule has 156 valence electrons. The molecule has 4 rings (SSSR count). The third kappa shape index (κ3) is 4.56. The molecule has 1 amide bonds. The lowest BCUT2D eigenvalue weighted by molar-refractivity contribution is 0.0950. The maximum Gasteiger partial charge on any atom is 0.291 e. The lowest BCUT2D eigenvalue weighted by atomic mass is 10.2. The summed E-state index contributed by atoms with van der Waals surface area (Å²) in [4.78, 5) is 16.8. The van der Waals surface area contributed by atoms with E-state index in [-0.39, 0.29) is 5.91 Å². The molecule has 0 spiro atoms. The molecule has 2 heterocycles. The Bertz CT molecular complexity index is 1230. The zero-order chi connectivity index (χ0) is 21.6. The SMILES string of the molecule is COc1cc(C=NNC(=O)c2nc3ccccn3c2C)ccc1OCc1ccccc1. The number of imidazole rings is 1. The Morgan fingerprint density at radius 1 is 1.10 bits per heavy atom. The minimum atomic E-state index is -0.368. The van der Waals surface area contributed by atoms with Gasteiger partial charge in [-0.1, -0.05) is 36.4 Å². The maximum atomic E-state index is 12.5. The average molecular weight is 414 g/mol. The van der Waals surface area contributed by atoms with Crippen molar-refractivity contribution in [3.63, 3.8) is 0 Å². The number of nitrogens with zero attached hydrogens (tertiary/aromatic N) is 3. The van der Waals surface area contributed by atoms with E-state index in [0.29, 0.717) is 29.4 Å². The number of fused-ring (bicyclic) bond motifs is 1. The predicted molar refractivity (Wildman–Crippen MR) is 119 cm³/mol. The third-order valence-corrected chi connectivity index (χ3v) is 4.79. The molecule has 7 heteroatoms. The quantitative estimate of drug-likeness (QED) is 0.366. The zero-order valence-electron chi connectivity index (χ0n) is 17.3. The van der Waals surface area contributed by atoms with Crippen molar-refractivity contribution in [1.29, 1.82) is 0 Å². The molecule has 0 saturated carbocycles. The van der Waals surface area contributed by atoms with Crippen LogP contribution in [0.15, 0.2) is 78.0 Å². The Labute approximate surface area is 180 Å². The number of aromatic nitrogens is 2. The molecule has 0 aliphatic carbocycles. The van der Waals surface area contributed by atoms with Crippen LogP contribution in [-0.2, 0) is 6.61 Å². The summed E-state index contributed by atoms with van der Waals surface area (Å²) in [6.45, 7) is 2.29. The van der Waals surface area contributed by atoms with E-state index in [1.165, 1.54) is 0 Å². The molecule has 2 aromatic carbocycles. The molecule has 7 nitrogen and oxygen atoms in total. The molecule has 1 N–H and O–H groups in total. The van der Waals surface area contributed by atoms with Gasteiger partial charge in [0.15, 0.2) is 17.2 Å². The summed E-state index contributed by atoms with van der Waals surface area (Å²) >= 11 is 0. The number of amides is 1. The van der Waals surface area contributed by atoms with Gasteiger partial charge in [-0.15, -0.1) is 0 Å². The normalized spacial score (nSPS) is 11.0. The Hall–Kier alpha value is -4.13. The number of pyridine rings is 1. The first-order valence-corrected chi connectivity index (χ1v) is 9.77. The lowest BCUT2D eigenvalue weighted by Crippen LogP contribution is -2.19. The average Bonchev–Trinajstić information content (AvgIpc) is 3.15. The van der Waals surface area contributed by atoms with E-state index >= 15 is 0 Å². The summed E-state index contributed by atoms with van der Waals surface area (Å²) in [6, 6.07) is 21.0. The Morgan fingerprint density at radius 3 is 2.68 bits per heavy atom. The number of hydrogen-bond donors (Lipinski definition) is 1. The van der Waals surface area contributed by atoms with Gasteiger partial charge in [-0.25, -0.2) is 10.4 Å². The highest BCUT2D eigenvalue weighted by atomic mass is 16.5. The second-order valence-corrected chi connectivity index (χ2v) is 6.86. The number of hydrazone groups is 1. The van der Waals surface area contributed by atoms with Crippen molar-refractivity contribution in [3.8, 4) is 11.5 Å². The van der Waals surface area contributed by atoms with Crippen LogP contribution in [0.5, 0.6) is 11.5 Å². The Morgan fingerprint density at radius 2 is 1.90 bits per heavy atom. The molecule has 0 fully saturated rings. The predicted octanol–water partition coefficient (Wildman–Crippen LogP) is 3.99. The van der Waals surface area contributed by atoms with E-state index < -0.39 is 0 Å². The van der Waals surface area contributed by atoms with Gasteiger partial charge in [0.25, 0.3) is 5.91 Å². The van der Waals surface area contributed by atoms with Gasteiger partial charge >= 0.3 is 0 Å². The van der Waals surface area contributed by atoms with Crippen molar-refractivity contribution >= 4 is 17.8 Å². The number of carbonyl (C=O) groups is 1. The summed E-state index contributed by atoms with van der Waals surface area (Å²) in [5.41, 5.74) is 6.17. The second kappa shape index (κ2) is 9.13. The van der Waals surface area contributed by atoms with Gasteiger partial charge in [-0.3, -0.25) is 4.79 Å². The largest absolute Gasteiger partial charge is 0.493 e. The third-order valence-electron chi connectivity index (χ3n) is 4.79. The number of nitrogens with one attached hydrogen (secondary N) is 1. The van der Waals surface area contributed by atoms with Crippen LogP contribution in [-0.4, -0.2) is 28.6 Å². The summed E-state index contributed by atoms with van der Waals surface area (Å²) in [7, 11) is 1.58. The van der Waals surface area contributed by atoms with E-state index in [1.807, 2.05) is 78.2 Å². The minimum Gasteiger partial charge on any atom is -0.493 e. The summed E-state index contributed by atoms with van der Waals surface area (Å²) in [5.74, 6) is 0.850. The zero-order valence-corrected chi connectivity index (χ0v) is 17.3. The topological polar surface area (TPSA) is 77.2 Å². The van der Waals surface area contributed by atoms with Gasteiger partial charge in [-0.2, -0.15) is 5.10 Å². The molecule has 31 heavy (non-hydrogen) atoms. The van der Waals surface area contributed by atoms with Crippen molar-refractivity contribution in [2.24, 2.45) is 5.10 Å². The van der Waals surface area contributed by atoms with Crippen LogP contribution in [0.3, 0.4) is 0 Å². The van der Waals surface area contributed by atoms with Crippen LogP contribution in [0.2, 0.25) is 0 Å². The van der Waals surface area contributed by atoms with Crippen LogP contribution in [0.25, 0.3) is 5.65 Å². The van der Waals surface area contributed by atoms with Crippen LogP contribution < -0.4 is 14.9 Å². The highest BCUT2D eigenvalue weighted by molar-refractivity contribution is 5.95. The number of carbonyl (C=O) groups excluding carboxylic acids is 1. The first-order chi connectivity index (χ1) is 15.2. The van der Waals surface area contributed by atoms with Crippen molar-refractivity contribution in [2.75, 3.05) is 7.11 Å². The van der Waals surface area contributed by atoms with Gasteiger partial charge in [0.05, 0.1) is 19.0 Å². The van der Waals surface area contributed by atoms with Crippen LogP contribution >= 0.6 is 0 Å². The minimum absolute atomic E-state index is 0.339. The highest BCUT2D eigenvalue weighted by Crippen LogP contribution is 2.28. The summed E-state index contributed by atoms with van der Waals surface area (Å²) in [5, 5.41) is 4.06. The fraction of sp³-hybridized carbons (Fsp3) is 0.125. The Balaban J connectivity index is 1.42. The maximum absolute atomic E-state index is 12.5. The first-order valence-electron chi connectivity index (χ1n) is 9.77. The fourth-order valence-corrected chi connectivity index (χ4v) is 3.17. The molecule has 0 aliphatic rings. The smallest absolute Gasteiger partial charge is 0.291 e. The molecule has 0 aliphatic heterocycles. The van der Waals surface area contributed by atoms with E-state index in [0.717, 1.165) is 16.8 Å². The van der Waals surface area contributed by atoms with Gasteiger partial charge in [0.1, 0.15) is 12.3 Å². The number of ether oxygens (including phenoxy) is 2. The van der Waals surface area contributed by atoms with E-state index in [9.17, 15) is 4.79 Å². The van der Waals surface area contributed by atoms with E-state index in [1.54, 1.807) is 19.4 Å². The van der Waals surface area contributed by atoms with Crippen molar-refractivity contribution in [3.05, 3.63) is 95.4 Å². The molecule has 0 atom stereocenters. The molecule has 0 bridgehead atoms. The molecular weight excluding hydrogens is 392 g/mol. The van der Waals surface area contributed by atoms with E-state index in [2.05, 4.69) is 15.5 Å². The van der Waals surface area contributed by atoms with Crippen molar-refractivity contribution in [2.45, 2.75) is 13.5 Å². The van der Waals surface area contributed by atoms with Crippen molar-refractivity contribution < 1.29 is 14.3 Å². The highest BCUT2D eigenvalue weighted by Gasteiger charge is 2.15.